The molecule has 3 aliphatic rings. The molecule has 0 amide bonds. The summed E-state index contributed by atoms with van der Waals surface area (Å²) in [5.41, 5.74) is 2.80. The molecule has 12 atom stereocenters. The number of anilines is 1. The summed E-state index contributed by atoms with van der Waals surface area (Å²) in [4.78, 5) is 79.9. The van der Waals surface area contributed by atoms with Crippen LogP contribution in [0.4, 0.5) is 10.2 Å². The molecule has 2 unspecified atom stereocenters. The summed E-state index contributed by atoms with van der Waals surface area (Å²) in [5, 5.41) is 3.72. The van der Waals surface area contributed by atoms with E-state index in [9.17, 15) is 33.5 Å². The van der Waals surface area contributed by atoms with Crippen molar-refractivity contribution in [2.45, 2.75) is 114 Å². The van der Waals surface area contributed by atoms with Crippen LogP contribution >= 0.6 is 14.5 Å². The highest BCUT2D eigenvalue weighted by Gasteiger charge is 2.59. The van der Waals surface area contributed by atoms with Gasteiger partial charge in [-0.15, -0.1) is 0 Å². The third-order valence-electron chi connectivity index (χ3n) is 11.8. The number of carbonyl (C=O) groups is 4. The van der Waals surface area contributed by atoms with Gasteiger partial charge < -0.3 is 61.9 Å². The highest BCUT2D eigenvalue weighted by Crippen LogP contribution is 2.62. The first-order chi connectivity index (χ1) is 35.1. The largest absolute Gasteiger partial charge is 0.481 e. The van der Waals surface area contributed by atoms with Crippen molar-refractivity contribution in [3.63, 3.8) is 0 Å². The fourth-order valence-corrected chi connectivity index (χ4v) is 12.2. The molecule has 0 radical (unpaired) electrons. The second-order valence-electron chi connectivity index (χ2n) is 17.7. The van der Waals surface area contributed by atoms with Crippen LogP contribution in [0.1, 0.15) is 69.9 Å². The fraction of sp³-hybridized carbons (Fsp3) is 0.417. The average Bonchev–Trinajstić information content (AvgIpc) is 4.01. The van der Waals surface area contributed by atoms with E-state index in [1.165, 1.54) is 12.6 Å². The van der Waals surface area contributed by atoms with Crippen molar-refractivity contribution in [1.82, 2.24) is 9.97 Å². The lowest BCUT2D eigenvalue weighted by atomic mass is 9.77. The first-order valence-electron chi connectivity index (χ1n) is 22.9. The molecule has 0 saturated carbocycles. The fourth-order valence-electron chi connectivity index (χ4n) is 9.13. The smallest absolute Gasteiger partial charge is 0.463 e. The molecule has 3 aromatic carbocycles. The third kappa shape index (κ3) is 12.2. The van der Waals surface area contributed by atoms with E-state index in [4.69, 9.17) is 67.5 Å². The van der Waals surface area contributed by atoms with Crippen molar-refractivity contribution < 1.29 is 93.6 Å². The number of halogens is 1. The van der Waals surface area contributed by atoms with Crippen LogP contribution in [0.25, 0.3) is 11.1 Å². The van der Waals surface area contributed by atoms with Gasteiger partial charge in [-0.2, -0.15) is 0 Å². The van der Waals surface area contributed by atoms with E-state index in [0.717, 1.165) is 44.4 Å². The predicted molar refractivity (Wildman–Crippen MR) is 257 cm³/mol. The van der Waals surface area contributed by atoms with Crippen LogP contribution in [0.15, 0.2) is 108 Å². The molecule has 8 rings (SSSR count). The predicted octanol–water partition coefficient (Wildman–Crippen LogP) is 6.38. The van der Waals surface area contributed by atoms with E-state index in [1.807, 2.05) is 91.0 Å². The van der Waals surface area contributed by atoms with E-state index < -0.39 is 124 Å². The molecule has 5 aromatic rings. The van der Waals surface area contributed by atoms with Gasteiger partial charge in [-0.05, 0) is 42.3 Å². The number of carbonyl (C=O) groups excluding carboxylic acids is 4. The Morgan fingerprint density at radius 3 is 1.88 bits per heavy atom. The summed E-state index contributed by atoms with van der Waals surface area (Å²) in [6.07, 6.45) is -13.7. The number of esters is 4. The minimum atomic E-state index is -5.75. The number of alkyl halides is 1. The Balaban J connectivity index is 1.03. The quantitative estimate of drug-likeness (QED) is 0.0350. The van der Waals surface area contributed by atoms with E-state index in [1.54, 1.807) is 13.8 Å². The molecule has 74 heavy (non-hydrogen) atoms. The maximum Gasteiger partial charge on any atom is 0.481 e. The van der Waals surface area contributed by atoms with Gasteiger partial charge in [0.2, 0.25) is 6.29 Å². The summed E-state index contributed by atoms with van der Waals surface area (Å²) in [6, 6.07) is 29.6. The van der Waals surface area contributed by atoms with Gasteiger partial charge >= 0.3 is 38.4 Å². The number of aromatic nitrogens is 2. The lowest BCUT2D eigenvalue weighted by Crippen LogP contribution is -2.64. The first kappa shape index (κ1) is 54.7. The summed E-state index contributed by atoms with van der Waals surface area (Å²) >= 11 is 5.15. The molecule has 0 bridgehead atoms. The number of benzene rings is 3. The van der Waals surface area contributed by atoms with Crippen LogP contribution in [0, 0.1) is 0 Å². The monoisotopic (exact) mass is 1090 g/mol. The zero-order chi connectivity index (χ0) is 53.2. The van der Waals surface area contributed by atoms with Crippen molar-refractivity contribution in [3.8, 4) is 0 Å². The Bertz CT molecular complexity index is 2830. The molecule has 26 heteroatoms. The number of fused-ring (bicyclic) bond motifs is 2. The van der Waals surface area contributed by atoms with Crippen molar-refractivity contribution in [1.29, 1.82) is 0 Å². The molecule has 0 aliphatic carbocycles. The van der Waals surface area contributed by atoms with Gasteiger partial charge in [0, 0.05) is 33.3 Å². The standard InChI is InChI=1S/C48H52FN3O19P2S/c1-26(53)60-23-34(49)38-41(63-27(2)54)42(64-28(3)55)44(65-29(4)56)46(67-38)70-72(57,58)71-73(59,74)62-24-35-39-43(69-47(5,6)68-39)37(66-35)33-22-61-40-36(33)50-25-51-45(40)52-48(30-16-10-7-11-17-30,31-18-12-8-13-19-31)32-20-14-9-15-21-32/h7-22,25,34-35,37-39,41-44,46H,23-24H2,1-6H3,(H,57,58)(H,59,74)(H,50,51,52)/t34-,35+,37-,38+,39+,41+,42-,43-,44-,46-,73?/m0/s1. The van der Waals surface area contributed by atoms with Crippen molar-refractivity contribution in [2.75, 3.05) is 18.5 Å². The molecule has 396 valence electrons. The number of furan rings is 1. The van der Waals surface area contributed by atoms with Crippen LogP contribution in [-0.2, 0) is 92.3 Å². The molecule has 0 spiro atoms. The first-order valence-corrected chi connectivity index (χ1v) is 27.0. The number of rotatable bonds is 19. The minimum Gasteiger partial charge on any atom is -0.463 e. The lowest BCUT2D eigenvalue weighted by Gasteiger charge is -2.44. The van der Waals surface area contributed by atoms with E-state index >= 15 is 4.39 Å². The molecule has 3 saturated heterocycles. The van der Waals surface area contributed by atoms with Crippen LogP contribution < -0.4 is 5.32 Å². The van der Waals surface area contributed by atoms with Gasteiger partial charge in [0.15, 0.2) is 41.7 Å². The maximum atomic E-state index is 15.8. The van der Waals surface area contributed by atoms with E-state index in [0.29, 0.717) is 16.9 Å². The second kappa shape index (κ2) is 22.3. The van der Waals surface area contributed by atoms with Gasteiger partial charge in [0.1, 0.15) is 54.5 Å². The van der Waals surface area contributed by atoms with Crippen molar-refractivity contribution in [2.24, 2.45) is 0 Å². The summed E-state index contributed by atoms with van der Waals surface area (Å²) < 4.78 is 96.6. The van der Waals surface area contributed by atoms with Gasteiger partial charge in [-0.3, -0.25) is 23.7 Å². The number of phosphoric acid groups is 1. The number of nitrogens with one attached hydrogen (secondary N) is 1. The Morgan fingerprint density at radius 2 is 1.32 bits per heavy atom. The molecule has 2 aromatic heterocycles. The molecular formula is C48H52FN3O19P2S. The van der Waals surface area contributed by atoms with Crippen LogP contribution in [0.3, 0.4) is 0 Å². The van der Waals surface area contributed by atoms with Gasteiger partial charge in [-0.1, -0.05) is 91.0 Å². The highest BCUT2D eigenvalue weighted by atomic mass is 32.5. The SMILES string of the molecule is CC(=O)OC[C@H](F)[C@H]1O[C@@H](OP(=O)(O)OP(O)(=S)OC[C@H]2O[C@@H](c3coc4c(NC(c5ccccc5)(c5ccccc5)c5ccccc5)ncnc34)[C@@H]3OC(C)(C)O[C@@H]32)[C@@H](OC(C)=O)[C@@H](OC(C)=O)[C@@H]1OC(C)=O. The zero-order valence-electron chi connectivity index (χ0n) is 40.4. The van der Waals surface area contributed by atoms with E-state index in [2.05, 4.69) is 15.3 Å². The molecular weight excluding hydrogens is 1040 g/mol. The normalized spacial score (nSPS) is 26.4. The Labute approximate surface area is 427 Å². The molecule has 22 nitrogen and oxygen atoms in total. The average molecular weight is 1090 g/mol. The number of hydrogen-bond donors (Lipinski definition) is 3. The van der Waals surface area contributed by atoms with E-state index in [-0.39, 0.29) is 5.58 Å². The zero-order valence-corrected chi connectivity index (χ0v) is 43.0. The maximum absolute atomic E-state index is 15.8. The second-order valence-corrected chi connectivity index (χ2v) is 22.0. The van der Waals surface area contributed by atoms with Crippen LogP contribution in [-0.4, -0.2) is 118 Å². The van der Waals surface area contributed by atoms with Crippen LogP contribution in [0.2, 0.25) is 0 Å². The number of nitrogens with zero attached hydrogens (tertiary/aromatic N) is 2. The molecule has 3 fully saturated rings. The van der Waals surface area contributed by atoms with Crippen molar-refractivity contribution in [3.05, 3.63) is 126 Å². The Morgan fingerprint density at radius 1 is 0.784 bits per heavy atom. The van der Waals surface area contributed by atoms with Crippen LogP contribution in [0.5, 0.6) is 0 Å². The summed E-state index contributed by atoms with van der Waals surface area (Å²) in [7, 11) is -5.75. The summed E-state index contributed by atoms with van der Waals surface area (Å²) in [6.45, 7) is 0.560. The Kier molecular flexibility index (Phi) is 16.5. The molecule has 3 aliphatic heterocycles. The number of ether oxygens (including phenoxy) is 8. The number of hydrogen-bond acceptors (Lipinski definition) is 21. The summed E-state index contributed by atoms with van der Waals surface area (Å²) in [5.74, 6) is -4.95. The van der Waals surface area contributed by atoms with Gasteiger partial charge in [0.25, 0.3) is 0 Å². The highest BCUT2D eigenvalue weighted by molar-refractivity contribution is 8.08. The lowest BCUT2D eigenvalue weighted by molar-refractivity contribution is -0.296. The Hall–Kier alpha value is -5.59. The number of phosphoric ester groups is 1. The molecule has 3 N–H and O–H groups in total. The minimum absolute atomic E-state index is 0.280. The van der Waals surface area contributed by atoms with Crippen molar-refractivity contribution >= 4 is 67.1 Å². The van der Waals surface area contributed by atoms with Gasteiger partial charge in [0.05, 0.1) is 12.9 Å². The third-order valence-corrected chi connectivity index (χ3v) is 15.4. The topological polar surface area (TPSA) is 278 Å². The molecule has 5 heterocycles. The van der Waals surface area contributed by atoms with Gasteiger partial charge in [-0.25, -0.2) is 23.2 Å².